The number of fused-ring (bicyclic) bond motifs is 1. The van der Waals surface area contributed by atoms with Crippen LogP contribution < -0.4 is 11.1 Å². The summed E-state index contributed by atoms with van der Waals surface area (Å²) in [5.74, 6) is 0.448. The Balaban J connectivity index is 1.81. The minimum Gasteiger partial charge on any atom is -0.383 e. The fraction of sp³-hybridized carbons (Fsp3) is 0.267. The van der Waals surface area contributed by atoms with E-state index in [2.05, 4.69) is 10.3 Å². The molecule has 1 aliphatic rings. The van der Waals surface area contributed by atoms with Gasteiger partial charge in [-0.1, -0.05) is 12.1 Å². The van der Waals surface area contributed by atoms with Gasteiger partial charge in [-0.3, -0.25) is 9.59 Å². The summed E-state index contributed by atoms with van der Waals surface area (Å²) in [7, 11) is 0. The molecule has 0 spiro atoms. The van der Waals surface area contributed by atoms with Crippen molar-refractivity contribution >= 4 is 28.9 Å². The second kappa shape index (κ2) is 5.40. The highest BCUT2D eigenvalue weighted by atomic mass is 16.2. The molecule has 1 fully saturated rings. The molecule has 2 amide bonds. The second-order valence-corrected chi connectivity index (χ2v) is 5.14. The van der Waals surface area contributed by atoms with E-state index < -0.39 is 6.04 Å². The average Bonchev–Trinajstić information content (AvgIpc) is 2.82. The first-order valence-electron chi connectivity index (χ1n) is 6.80. The van der Waals surface area contributed by atoms with E-state index in [0.717, 1.165) is 16.3 Å². The van der Waals surface area contributed by atoms with Crippen molar-refractivity contribution in [2.75, 3.05) is 12.3 Å². The predicted molar refractivity (Wildman–Crippen MR) is 79.2 cm³/mol. The number of nitrogens with one attached hydrogen (secondary N) is 1. The van der Waals surface area contributed by atoms with E-state index in [0.29, 0.717) is 31.7 Å². The Hall–Kier alpha value is -2.63. The maximum absolute atomic E-state index is 12.1. The molecule has 0 bridgehead atoms. The number of nitrogens with two attached hydrogens (primary N) is 1. The molecule has 3 rings (SSSR count). The Morgan fingerprint density at radius 2 is 2.29 bits per heavy atom. The van der Waals surface area contributed by atoms with Gasteiger partial charge in [0.15, 0.2) is 0 Å². The van der Waals surface area contributed by atoms with Crippen LogP contribution in [0.3, 0.4) is 0 Å². The van der Waals surface area contributed by atoms with Crippen LogP contribution in [-0.4, -0.2) is 34.8 Å². The van der Waals surface area contributed by atoms with Gasteiger partial charge >= 0.3 is 0 Å². The largest absolute Gasteiger partial charge is 0.383 e. The Morgan fingerprint density at radius 3 is 3.10 bits per heavy atom. The smallest absolute Gasteiger partial charge is 0.245 e. The molecule has 1 aliphatic heterocycles. The first-order chi connectivity index (χ1) is 10.2. The number of hydrogen-bond donors (Lipinski definition) is 2. The van der Waals surface area contributed by atoms with Crippen LogP contribution in [0.15, 0.2) is 30.5 Å². The standard InChI is InChI=1S/C15H16N4O2/c16-14-12-7-10(1-2-11(12)3-5-17-14)8-19-6-4-13(15(19)21)18-9-20/h1-3,5,7,9,13H,4,6,8H2,(H2,16,17)(H,18,20)/t13-/m1/s1. The summed E-state index contributed by atoms with van der Waals surface area (Å²) in [5.41, 5.74) is 6.88. The molecule has 1 saturated heterocycles. The molecule has 0 unspecified atom stereocenters. The SMILES string of the molecule is Nc1nccc2ccc(CN3CC[C@@H](NC=O)C3=O)cc12. The molecule has 1 atom stereocenters. The van der Waals surface area contributed by atoms with Crippen LogP contribution >= 0.6 is 0 Å². The van der Waals surface area contributed by atoms with Gasteiger partial charge in [0, 0.05) is 24.7 Å². The van der Waals surface area contributed by atoms with Gasteiger partial charge in [0.2, 0.25) is 12.3 Å². The minimum absolute atomic E-state index is 0.0404. The van der Waals surface area contributed by atoms with E-state index in [-0.39, 0.29) is 5.91 Å². The summed E-state index contributed by atoms with van der Waals surface area (Å²) in [5, 5.41) is 4.47. The molecule has 2 aromatic rings. The van der Waals surface area contributed by atoms with Gasteiger partial charge in [0.05, 0.1) is 0 Å². The van der Waals surface area contributed by atoms with Gasteiger partial charge in [-0.05, 0) is 29.5 Å². The Labute approximate surface area is 121 Å². The molecule has 108 valence electrons. The van der Waals surface area contributed by atoms with Crippen LogP contribution in [0.25, 0.3) is 10.8 Å². The van der Waals surface area contributed by atoms with Crippen molar-refractivity contribution in [3.05, 3.63) is 36.0 Å². The molecule has 0 radical (unpaired) electrons. The summed E-state index contributed by atoms with van der Waals surface area (Å²) in [6.45, 7) is 1.16. The minimum atomic E-state index is -0.394. The summed E-state index contributed by atoms with van der Waals surface area (Å²) in [6.07, 6.45) is 2.90. The lowest BCUT2D eigenvalue weighted by molar-refractivity contribution is -0.131. The number of rotatable bonds is 4. The first kappa shape index (κ1) is 13.4. The molecule has 3 N–H and O–H groups in total. The number of nitrogen functional groups attached to an aromatic ring is 1. The quantitative estimate of drug-likeness (QED) is 0.807. The van der Waals surface area contributed by atoms with Crippen molar-refractivity contribution < 1.29 is 9.59 Å². The highest BCUT2D eigenvalue weighted by Gasteiger charge is 2.30. The zero-order valence-electron chi connectivity index (χ0n) is 11.5. The lowest BCUT2D eigenvalue weighted by Crippen LogP contribution is -2.37. The third-order valence-electron chi connectivity index (χ3n) is 3.80. The summed E-state index contributed by atoms with van der Waals surface area (Å²) >= 11 is 0. The van der Waals surface area contributed by atoms with Gasteiger partial charge in [-0.25, -0.2) is 4.98 Å². The Kier molecular flexibility index (Phi) is 3.43. The lowest BCUT2D eigenvalue weighted by atomic mass is 10.1. The van der Waals surface area contributed by atoms with Gasteiger partial charge < -0.3 is 16.0 Å². The van der Waals surface area contributed by atoms with E-state index in [1.54, 1.807) is 11.1 Å². The molecule has 0 saturated carbocycles. The fourth-order valence-electron chi connectivity index (χ4n) is 2.69. The van der Waals surface area contributed by atoms with Gasteiger partial charge in [0.25, 0.3) is 0 Å². The molecule has 6 nitrogen and oxygen atoms in total. The van der Waals surface area contributed by atoms with Crippen LogP contribution in [0.5, 0.6) is 0 Å². The zero-order valence-corrected chi connectivity index (χ0v) is 11.5. The van der Waals surface area contributed by atoms with Crippen molar-refractivity contribution in [2.45, 2.75) is 19.0 Å². The van der Waals surface area contributed by atoms with E-state index in [1.807, 2.05) is 24.3 Å². The summed E-state index contributed by atoms with van der Waals surface area (Å²) in [4.78, 5) is 28.4. The van der Waals surface area contributed by atoms with Crippen molar-refractivity contribution in [1.82, 2.24) is 15.2 Å². The monoisotopic (exact) mass is 284 g/mol. The van der Waals surface area contributed by atoms with Gasteiger partial charge in [-0.15, -0.1) is 0 Å². The van der Waals surface area contributed by atoms with Crippen LogP contribution in [0.4, 0.5) is 5.82 Å². The molecule has 0 aliphatic carbocycles. The van der Waals surface area contributed by atoms with Crippen LogP contribution in [-0.2, 0) is 16.1 Å². The zero-order chi connectivity index (χ0) is 14.8. The van der Waals surface area contributed by atoms with E-state index >= 15 is 0 Å². The first-order valence-corrected chi connectivity index (χ1v) is 6.80. The fourth-order valence-corrected chi connectivity index (χ4v) is 2.69. The van der Waals surface area contributed by atoms with Crippen molar-refractivity contribution in [3.63, 3.8) is 0 Å². The number of likely N-dealkylation sites (tertiary alicyclic amines) is 1. The van der Waals surface area contributed by atoms with E-state index in [4.69, 9.17) is 5.73 Å². The second-order valence-electron chi connectivity index (χ2n) is 5.14. The highest BCUT2D eigenvalue weighted by Crippen LogP contribution is 2.22. The van der Waals surface area contributed by atoms with E-state index in [9.17, 15) is 9.59 Å². The summed E-state index contributed by atoms with van der Waals surface area (Å²) < 4.78 is 0. The molecule has 21 heavy (non-hydrogen) atoms. The van der Waals surface area contributed by atoms with Crippen molar-refractivity contribution in [3.8, 4) is 0 Å². The Morgan fingerprint density at radius 1 is 1.43 bits per heavy atom. The molecule has 6 heteroatoms. The lowest BCUT2D eigenvalue weighted by Gasteiger charge is -2.17. The number of nitrogens with zero attached hydrogens (tertiary/aromatic N) is 2. The number of hydrogen-bond acceptors (Lipinski definition) is 4. The number of benzene rings is 1. The maximum atomic E-state index is 12.1. The van der Waals surface area contributed by atoms with Crippen LogP contribution in [0.2, 0.25) is 0 Å². The van der Waals surface area contributed by atoms with Gasteiger partial charge in [0.1, 0.15) is 11.9 Å². The molecular weight excluding hydrogens is 268 g/mol. The molecular formula is C15H16N4O2. The Bertz CT molecular complexity index is 701. The van der Waals surface area contributed by atoms with Crippen molar-refractivity contribution in [2.24, 2.45) is 0 Å². The third kappa shape index (κ3) is 2.52. The molecule has 1 aromatic heterocycles. The highest BCUT2D eigenvalue weighted by molar-refractivity contribution is 5.91. The number of carbonyl (C=O) groups excluding carboxylic acids is 2. The number of aromatic nitrogens is 1. The summed E-state index contributed by atoms with van der Waals surface area (Å²) in [6, 6.07) is 7.43. The topological polar surface area (TPSA) is 88.3 Å². The average molecular weight is 284 g/mol. The number of anilines is 1. The van der Waals surface area contributed by atoms with E-state index in [1.165, 1.54) is 0 Å². The van der Waals surface area contributed by atoms with Crippen LogP contribution in [0.1, 0.15) is 12.0 Å². The van der Waals surface area contributed by atoms with Gasteiger partial charge in [-0.2, -0.15) is 0 Å². The maximum Gasteiger partial charge on any atom is 0.245 e. The number of pyridine rings is 1. The molecule has 1 aromatic carbocycles. The van der Waals surface area contributed by atoms with Crippen LogP contribution in [0, 0.1) is 0 Å². The third-order valence-corrected chi connectivity index (χ3v) is 3.80. The molecule has 2 heterocycles. The number of amides is 2. The number of carbonyl (C=O) groups is 2. The van der Waals surface area contributed by atoms with Crippen molar-refractivity contribution in [1.29, 1.82) is 0 Å². The normalized spacial score (nSPS) is 18.2. The predicted octanol–water partition coefficient (Wildman–Crippen LogP) is 0.664.